The lowest BCUT2D eigenvalue weighted by Crippen LogP contribution is -2.48. The summed E-state index contributed by atoms with van der Waals surface area (Å²) in [5.41, 5.74) is -0.766. The predicted octanol–water partition coefficient (Wildman–Crippen LogP) is 2.29. The van der Waals surface area contributed by atoms with Gasteiger partial charge in [-0.05, 0) is 34.6 Å². The maximum Gasteiger partial charge on any atom is 0.408 e. The molecule has 4 nitrogen and oxygen atoms in total. The topological polar surface area (TPSA) is 50.4 Å². The monoisotopic (exact) mass is 230 g/mol. The minimum Gasteiger partial charge on any atom is -0.442 e. The number of hydrogen-bond donors (Lipinski definition) is 2. The van der Waals surface area contributed by atoms with Crippen molar-refractivity contribution < 1.29 is 9.53 Å². The third kappa shape index (κ3) is 8.53. The number of hydrogen-bond acceptors (Lipinski definition) is 3. The van der Waals surface area contributed by atoms with Gasteiger partial charge < -0.3 is 15.4 Å². The number of carbonyl (C=O) groups excluding carboxylic acids is 1. The third-order valence-corrected chi connectivity index (χ3v) is 1.78. The molecule has 0 radical (unpaired) electrons. The van der Waals surface area contributed by atoms with Crippen LogP contribution in [0.2, 0.25) is 0 Å². The molecule has 16 heavy (non-hydrogen) atoms. The molecule has 96 valence electrons. The summed E-state index contributed by atoms with van der Waals surface area (Å²) in [6.45, 7) is 14.3. The van der Waals surface area contributed by atoms with Crippen LogP contribution in [0.3, 0.4) is 0 Å². The van der Waals surface area contributed by atoms with E-state index >= 15 is 0 Å². The van der Waals surface area contributed by atoms with E-state index < -0.39 is 5.60 Å². The van der Waals surface area contributed by atoms with Crippen LogP contribution in [0.25, 0.3) is 0 Å². The first-order chi connectivity index (χ1) is 7.02. The van der Waals surface area contributed by atoms with Crippen LogP contribution in [0.5, 0.6) is 0 Å². The second-order valence-electron chi connectivity index (χ2n) is 6.06. The van der Waals surface area contributed by atoms with E-state index in [0.717, 1.165) is 0 Å². The maximum absolute atomic E-state index is 11.6. The Hall–Kier alpha value is -0.770. The lowest BCUT2D eigenvalue weighted by atomic mass is 10.1. The summed E-state index contributed by atoms with van der Waals surface area (Å²) < 4.78 is 5.35. The summed E-state index contributed by atoms with van der Waals surface area (Å²) in [6, 6.07) is 0.383. The molecule has 0 atom stereocenters. The Morgan fingerprint density at radius 3 is 2.06 bits per heavy atom. The second-order valence-corrected chi connectivity index (χ2v) is 6.06. The fraction of sp³-hybridized carbons (Fsp3) is 0.917. The number of alkyl carbamates (subject to hydrolysis) is 1. The van der Waals surface area contributed by atoms with E-state index in [1.165, 1.54) is 0 Å². The Morgan fingerprint density at radius 1 is 1.19 bits per heavy atom. The molecule has 0 rings (SSSR count). The molecule has 0 bridgehead atoms. The van der Waals surface area contributed by atoms with Crippen LogP contribution in [0, 0.1) is 0 Å². The fourth-order valence-electron chi connectivity index (χ4n) is 1.07. The average Bonchev–Trinajstić information content (AvgIpc) is 1.95. The van der Waals surface area contributed by atoms with E-state index in [4.69, 9.17) is 4.74 Å². The molecule has 0 fully saturated rings. The molecule has 0 heterocycles. The van der Waals surface area contributed by atoms with Gasteiger partial charge in [0.05, 0.1) is 0 Å². The molecule has 0 aliphatic heterocycles. The molecule has 0 aromatic rings. The standard InChI is InChI=1S/C12H26N2O2/c1-9(2)13-8-12(6,7)16-10(15)14-11(3,4)5/h9,13H,8H2,1-7H3,(H,14,15). The molecule has 0 aliphatic rings. The minimum absolute atomic E-state index is 0.265. The summed E-state index contributed by atoms with van der Waals surface area (Å²) in [6.07, 6.45) is -0.372. The van der Waals surface area contributed by atoms with Crippen LogP contribution in [0.1, 0.15) is 48.5 Å². The number of ether oxygens (including phenoxy) is 1. The third-order valence-electron chi connectivity index (χ3n) is 1.78. The zero-order valence-electron chi connectivity index (χ0n) is 11.6. The Kier molecular flexibility index (Phi) is 5.26. The Balaban J connectivity index is 4.10. The molecule has 0 aliphatic carbocycles. The molecule has 0 saturated heterocycles. The fourth-order valence-corrected chi connectivity index (χ4v) is 1.07. The molecular weight excluding hydrogens is 204 g/mol. The van der Waals surface area contributed by atoms with E-state index in [2.05, 4.69) is 24.5 Å². The van der Waals surface area contributed by atoms with Gasteiger partial charge in [0, 0.05) is 18.1 Å². The highest BCUT2D eigenvalue weighted by Gasteiger charge is 2.25. The molecule has 4 heteroatoms. The summed E-state index contributed by atoms with van der Waals surface area (Å²) in [5.74, 6) is 0. The summed E-state index contributed by atoms with van der Waals surface area (Å²) in [5, 5.41) is 6.02. The van der Waals surface area contributed by atoms with Crippen molar-refractivity contribution in [1.82, 2.24) is 10.6 Å². The molecule has 0 spiro atoms. The normalized spacial score (nSPS) is 12.8. The van der Waals surface area contributed by atoms with Crippen molar-refractivity contribution in [3.63, 3.8) is 0 Å². The quantitative estimate of drug-likeness (QED) is 0.779. The zero-order chi connectivity index (χ0) is 13.0. The highest BCUT2D eigenvalue weighted by Crippen LogP contribution is 2.10. The van der Waals surface area contributed by atoms with Crippen molar-refractivity contribution in [3.8, 4) is 0 Å². The van der Waals surface area contributed by atoms with Gasteiger partial charge in [-0.25, -0.2) is 4.79 Å². The Bertz CT molecular complexity index is 230. The largest absolute Gasteiger partial charge is 0.442 e. The van der Waals surface area contributed by atoms with Crippen LogP contribution in [0.4, 0.5) is 4.79 Å². The van der Waals surface area contributed by atoms with Crippen LogP contribution in [-0.4, -0.2) is 29.8 Å². The van der Waals surface area contributed by atoms with E-state index in [1.54, 1.807) is 0 Å². The van der Waals surface area contributed by atoms with Gasteiger partial charge in [-0.2, -0.15) is 0 Å². The lowest BCUT2D eigenvalue weighted by Gasteiger charge is -2.29. The first-order valence-corrected chi connectivity index (χ1v) is 5.76. The lowest BCUT2D eigenvalue weighted by molar-refractivity contribution is 0.0337. The highest BCUT2D eigenvalue weighted by molar-refractivity contribution is 5.68. The first kappa shape index (κ1) is 15.2. The van der Waals surface area contributed by atoms with E-state index in [9.17, 15) is 4.79 Å². The average molecular weight is 230 g/mol. The van der Waals surface area contributed by atoms with Gasteiger partial charge in [-0.3, -0.25) is 0 Å². The maximum atomic E-state index is 11.6. The van der Waals surface area contributed by atoms with Crippen LogP contribution < -0.4 is 10.6 Å². The van der Waals surface area contributed by atoms with Crippen molar-refractivity contribution in [2.45, 2.75) is 65.6 Å². The predicted molar refractivity (Wildman–Crippen MR) is 66.6 cm³/mol. The van der Waals surface area contributed by atoms with Crippen molar-refractivity contribution in [1.29, 1.82) is 0 Å². The molecule has 2 N–H and O–H groups in total. The van der Waals surface area contributed by atoms with Crippen molar-refractivity contribution >= 4 is 6.09 Å². The van der Waals surface area contributed by atoms with E-state index in [0.29, 0.717) is 12.6 Å². The van der Waals surface area contributed by atoms with E-state index in [-0.39, 0.29) is 11.6 Å². The smallest absolute Gasteiger partial charge is 0.408 e. The molecule has 0 aromatic carbocycles. The molecular formula is C12H26N2O2. The van der Waals surface area contributed by atoms with Crippen molar-refractivity contribution in [2.75, 3.05) is 6.54 Å². The number of carbonyl (C=O) groups is 1. The molecule has 0 unspecified atom stereocenters. The number of rotatable bonds is 4. The van der Waals surface area contributed by atoms with Crippen LogP contribution in [0.15, 0.2) is 0 Å². The Morgan fingerprint density at radius 2 is 1.69 bits per heavy atom. The highest BCUT2D eigenvalue weighted by atomic mass is 16.6. The van der Waals surface area contributed by atoms with Gasteiger partial charge in [0.15, 0.2) is 0 Å². The molecule has 0 aromatic heterocycles. The van der Waals surface area contributed by atoms with Gasteiger partial charge in [-0.15, -0.1) is 0 Å². The molecule has 1 amide bonds. The number of nitrogens with one attached hydrogen (secondary N) is 2. The Labute approximate surface area is 99.1 Å². The van der Waals surface area contributed by atoms with E-state index in [1.807, 2.05) is 34.6 Å². The first-order valence-electron chi connectivity index (χ1n) is 5.76. The van der Waals surface area contributed by atoms with Gasteiger partial charge in [-0.1, -0.05) is 13.8 Å². The SMILES string of the molecule is CC(C)NCC(C)(C)OC(=O)NC(C)(C)C. The zero-order valence-corrected chi connectivity index (χ0v) is 11.6. The second kappa shape index (κ2) is 5.53. The number of amides is 1. The molecule has 0 saturated carbocycles. The summed E-state index contributed by atoms with van der Waals surface area (Å²) in [7, 11) is 0. The van der Waals surface area contributed by atoms with Gasteiger partial charge in [0.2, 0.25) is 0 Å². The summed E-state index contributed by atoms with van der Waals surface area (Å²) >= 11 is 0. The van der Waals surface area contributed by atoms with Crippen LogP contribution >= 0.6 is 0 Å². The van der Waals surface area contributed by atoms with Crippen molar-refractivity contribution in [3.05, 3.63) is 0 Å². The van der Waals surface area contributed by atoms with Gasteiger partial charge in [0.25, 0.3) is 0 Å². The van der Waals surface area contributed by atoms with Gasteiger partial charge in [0.1, 0.15) is 5.60 Å². The van der Waals surface area contributed by atoms with Crippen LogP contribution in [-0.2, 0) is 4.74 Å². The van der Waals surface area contributed by atoms with Crippen molar-refractivity contribution in [2.24, 2.45) is 0 Å². The summed E-state index contributed by atoms with van der Waals surface area (Å²) in [4.78, 5) is 11.6. The minimum atomic E-state index is -0.500. The van der Waals surface area contributed by atoms with Gasteiger partial charge >= 0.3 is 6.09 Å².